The SMILES string of the molecule is CCOc1cccc(N)c1C(=O)OCCOCCO. The van der Waals surface area contributed by atoms with Crippen LogP contribution in [-0.2, 0) is 9.47 Å². The fourth-order valence-electron chi connectivity index (χ4n) is 1.47. The lowest BCUT2D eigenvalue weighted by atomic mass is 10.1. The Balaban J connectivity index is 2.60. The van der Waals surface area contributed by atoms with E-state index >= 15 is 0 Å². The van der Waals surface area contributed by atoms with Crippen molar-refractivity contribution in [3.05, 3.63) is 23.8 Å². The third kappa shape index (κ3) is 4.76. The van der Waals surface area contributed by atoms with Crippen LogP contribution < -0.4 is 10.5 Å². The van der Waals surface area contributed by atoms with Crippen LogP contribution in [-0.4, -0.2) is 44.1 Å². The van der Waals surface area contributed by atoms with Gasteiger partial charge in [0, 0.05) is 5.69 Å². The molecule has 0 saturated heterocycles. The Hall–Kier alpha value is -1.79. The second-order valence-electron chi connectivity index (χ2n) is 3.63. The van der Waals surface area contributed by atoms with Gasteiger partial charge in [0.15, 0.2) is 0 Å². The number of carbonyl (C=O) groups is 1. The van der Waals surface area contributed by atoms with Crippen molar-refractivity contribution in [2.24, 2.45) is 0 Å². The normalized spacial score (nSPS) is 10.2. The second-order valence-corrected chi connectivity index (χ2v) is 3.63. The smallest absolute Gasteiger partial charge is 0.344 e. The van der Waals surface area contributed by atoms with Crippen molar-refractivity contribution < 1.29 is 24.1 Å². The number of anilines is 1. The molecule has 0 spiro atoms. The van der Waals surface area contributed by atoms with E-state index in [0.717, 1.165) is 0 Å². The van der Waals surface area contributed by atoms with Crippen LogP contribution in [0.5, 0.6) is 5.75 Å². The fourth-order valence-corrected chi connectivity index (χ4v) is 1.47. The number of hydrogen-bond acceptors (Lipinski definition) is 6. The van der Waals surface area contributed by atoms with Crippen molar-refractivity contribution in [3.8, 4) is 5.75 Å². The van der Waals surface area contributed by atoms with E-state index in [0.29, 0.717) is 18.0 Å². The number of nitrogens with two attached hydrogens (primary N) is 1. The van der Waals surface area contributed by atoms with Gasteiger partial charge in [-0.15, -0.1) is 0 Å². The van der Waals surface area contributed by atoms with Crippen molar-refractivity contribution in [2.45, 2.75) is 6.92 Å². The van der Waals surface area contributed by atoms with Crippen LogP contribution >= 0.6 is 0 Å². The quantitative estimate of drug-likeness (QED) is 0.413. The maximum absolute atomic E-state index is 11.9. The van der Waals surface area contributed by atoms with Gasteiger partial charge in [0.25, 0.3) is 0 Å². The summed E-state index contributed by atoms with van der Waals surface area (Å²) < 4.78 is 15.4. The lowest BCUT2D eigenvalue weighted by Crippen LogP contribution is -2.14. The van der Waals surface area contributed by atoms with Crippen molar-refractivity contribution in [1.82, 2.24) is 0 Å². The number of aliphatic hydroxyl groups excluding tert-OH is 1. The number of esters is 1. The predicted octanol–water partition coefficient (Wildman–Crippen LogP) is 0.833. The van der Waals surface area contributed by atoms with Crippen molar-refractivity contribution in [3.63, 3.8) is 0 Å². The first-order valence-corrected chi connectivity index (χ1v) is 6.07. The van der Waals surface area contributed by atoms with Gasteiger partial charge in [0.1, 0.15) is 17.9 Å². The maximum Gasteiger partial charge on any atom is 0.344 e. The molecule has 0 amide bonds. The molecule has 0 aromatic heterocycles. The number of benzene rings is 1. The Morgan fingerprint density at radius 1 is 1.32 bits per heavy atom. The van der Waals surface area contributed by atoms with Gasteiger partial charge in [0.2, 0.25) is 0 Å². The summed E-state index contributed by atoms with van der Waals surface area (Å²) in [6, 6.07) is 4.99. The topological polar surface area (TPSA) is 91.0 Å². The van der Waals surface area contributed by atoms with E-state index in [1.54, 1.807) is 18.2 Å². The number of nitrogen functional groups attached to an aromatic ring is 1. The molecule has 1 aromatic carbocycles. The van der Waals surface area contributed by atoms with Gasteiger partial charge < -0.3 is 25.1 Å². The second kappa shape index (κ2) is 8.34. The van der Waals surface area contributed by atoms with Gasteiger partial charge in [-0.2, -0.15) is 0 Å². The monoisotopic (exact) mass is 269 g/mol. The average molecular weight is 269 g/mol. The molecule has 0 saturated carbocycles. The Morgan fingerprint density at radius 3 is 2.79 bits per heavy atom. The van der Waals surface area contributed by atoms with Crippen LogP contribution in [0.3, 0.4) is 0 Å². The molecule has 0 aliphatic carbocycles. The first-order valence-electron chi connectivity index (χ1n) is 6.07. The van der Waals surface area contributed by atoms with E-state index in [9.17, 15) is 4.79 Å². The highest BCUT2D eigenvalue weighted by molar-refractivity contribution is 5.98. The molecule has 0 fully saturated rings. The average Bonchev–Trinajstić information content (AvgIpc) is 2.39. The minimum Gasteiger partial charge on any atom is -0.493 e. The maximum atomic E-state index is 11.9. The van der Waals surface area contributed by atoms with E-state index in [2.05, 4.69) is 0 Å². The molecule has 6 nitrogen and oxygen atoms in total. The highest BCUT2D eigenvalue weighted by Crippen LogP contribution is 2.25. The zero-order valence-electron chi connectivity index (χ0n) is 10.9. The Labute approximate surface area is 112 Å². The van der Waals surface area contributed by atoms with E-state index in [-0.39, 0.29) is 32.0 Å². The summed E-state index contributed by atoms with van der Waals surface area (Å²) in [7, 11) is 0. The standard InChI is InChI=1S/C13H19NO5/c1-2-18-11-5-3-4-10(14)12(11)13(16)19-9-8-17-7-6-15/h3-5,15H,2,6-9,14H2,1H3. The molecule has 0 bridgehead atoms. The molecule has 1 rings (SSSR count). The molecular weight excluding hydrogens is 250 g/mol. The van der Waals surface area contributed by atoms with Crippen LogP contribution in [0.1, 0.15) is 17.3 Å². The van der Waals surface area contributed by atoms with Gasteiger partial charge in [-0.25, -0.2) is 4.79 Å². The van der Waals surface area contributed by atoms with Crippen molar-refractivity contribution in [2.75, 3.05) is 38.8 Å². The third-order valence-corrected chi connectivity index (χ3v) is 2.26. The summed E-state index contributed by atoms with van der Waals surface area (Å²) >= 11 is 0. The summed E-state index contributed by atoms with van der Waals surface area (Å²) in [5.74, 6) is -0.141. The Morgan fingerprint density at radius 2 is 2.11 bits per heavy atom. The molecule has 1 aromatic rings. The molecule has 3 N–H and O–H groups in total. The number of aliphatic hydroxyl groups is 1. The van der Waals surface area contributed by atoms with E-state index in [1.165, 1.54) is 0 Å². The molecule has 0 heterocycles. The lowest BCUT2D eigenvalue weighted by Gasteiger charge is -2.12. The molecule has 106 valence electrons. The Kier molecular flexibility index (Phi) is 6.70. The number of rotatable bonds is 8. The van der Waals surface area contributed by atoms with Crippen LogP contribution in [0.4, 0.5) is 5.69 Å². The fraction of sp³-hybridized carbons (Fsp3) is 0.462. The van der Waals surface area contributed by atoms with Crippen LogP contribution in [0, 0.1) is 0 Å². The van der Waals surface area contributed by atoms with Crippen LogP contribution in [0.25, 0.3) is 0 Å². The first-order chi connectivity index (χ1) is 9.20. The van der Waals surface area contributed by atoms with Crippen molar-refractivity contribution in [1.29, 1.82) is 0 Å². The zero-order valence-corrected chi connectivity index (χ0v) is 10.9. The number of hydrogen-bond donors (Lipinski definition) is 2. The molecule has 6 heteroatoms. The highest BCUT2D eigenvalue weighted by atomic mass is 16.6. The van der Waals surface area contributed by atoms with Gasteiger partial charge in [0.05, 0.1) is 26.4 Å². The minimum atomic E-state index is -0.547. The summed E-state index contributed by atoms with van der Waals surface area (Å²) in [5.41, 5.74) is 6.30. The zero-order chi connectivity index (χ0) is 14.1. The summed E-state index contributed by atoms with van der Waals surface area (Å²) in [6.45, 7) is 2.73. The number of carbonyl (C=O) groups excluding carboxylic acids is 1. The summed E-state index contributed by atoms with van der Waals surface area (Å²) in [6.07, 6.45) is 0. The molecule has 0 aliphatic rings. The largest absolute Gasteiger partial charge is 0.493 e. The van der Waals surface area contributed by atoms with Crippen LogP contribution in [0.15, 0.2) is 18.2 Å². The highest BCUT2D eigenvalue weighted by Gasteiger charge is 2.17. The third-order valence-electron chi connectivity index (χ3n) is 2.26. The van der Waals surface area contributed by atoms with Gasteiger partial charge in [-0.3, -0.25) is 0 Å². The summed E-state index contributed by atoms with van der Waals surface area (Å²) in [5, 5.41) is 8.52. The predicted molar refractivity (Wildman–Crippen MR) is 70.2 cm³/mol. The lowest BCUT2D eigenvalue weighted by molar-refractivity contribution is 0.0256. The molecule has 0 aliphatic heterocycles. The molecule has 0 atom stereocenters. The van der Waals surface area contributed by atoms with E-state index in [4.69, 9.17) is 25.1 Å². The van der Waals surface area contributed by atoms with Gasteiger partial charge in [-0.1, -0.05) is 6.07 Å². The molecular formula is C13H19NO5. The van der Waals surface area contributed by atoms with Gasteiger partial charge >= 0.3 is 5.97 Å². The molecule has 0 radical (unpaired) electrons. The number of ether oxygens (including phenoxy) is 3. The Bertz CT molecular complexity index is 408. The van der Waals surface area contributed by atoms with Crippen molar-refractivity contribution >= 4 is 11.7 Å². The van der Waals surface area contributed by atoms with Crippen LogP contribution in [0.2, 0.25) is 0 Å². The van der Waals surface area contributed by atoms with Gasteiger partial charge in [-0.05, 0) is 19.1 Å². The molecule has 0 unspecified atom stereocenters. The van der Waals surface area contributed by atoms with E-state index < -0.39 is 5.97 Å². The minimum absolute atomic E-state index is 0.0614. The summed E-state index contributed by atoms with van der Waals surface area (Å²) in [4.78, 5) is 11.9. The molecule has 19 heavy (non-hydrogen) atoms. The van der Waals surface area contributed by atoms with E-state index in [1.807, 2.05) is 6.92 Å². The first kappa shape index (κ1) is 15.3.